The zero-order chi connectivity index (χ0) is 13.2. The van der Waals surface area contributed by atoms with Crippen LogP contribution in [0.25, 0.3) is 0 Å². The first-order valence-electron chi connectivity index (χ1n) is 4.97. The molecule has 98 valence electrons. The van der Waals surface area contributed by atoms with E-state index in [1.54, 1.807) is 7.05 Å². The summed E-state index contributed by atoms with van der Waals surface area (Å²) in [6.45, 7) is 0.444. The molecule has 0 spiro atoms. The highest BCUT2D eigenvalue weighted by molar-refractivity contribution is 9.10. The van der Waals surface area contributed by atoms with E-state index < -0.39 is 10.0 Å². The molecule has 9 heteroatoms. The van der Waals surface area contributed by atoms with Gasteiger partial charge in [-0.3, -0.25) is 9.82 Å². The van der Waals surface area contributed by atoms with Gasteiger partial charge in [0, 0.05) is 12.3 Å². The largest absolute Gasteiger partial charge is 0.451 e. The van der Waals surface area contributed by atoms with Gasteiger partial charge >= 0.3 is 0 Å². The van der Waals surface area contributed by atoms with Crippen molar-refractivity contribution in [2.24, 2.45) is 0 Å². The molecule has 18 heavy (non-hydrogen) atoms. The molecule has 0 radical (unpaired) electrons. The van der Waals surface area contributed by atoms with Gasteiger partial charge in [0.15, 0.2) is 4.67 Å². The lowest BCUT2D eigenvalue weighted by molar-refractivity contribution is 0.470. The van der Waals surface area contributed by atoms with Crippen LogP contribution in [0.1, 0.15) is 5.76 Å². The third kappa shape index (κ3) is 2.74. The lowest BCUT2D eigenvalue weighted by Gasteiger charge is -2.02. The van der Waals surface area contributed by atoms with Crippen LogP contribution >= 0.6 is 15.9 Å². The minimum Gasteiger partial charge on any atom is -0.451 e. The number of anilines is 1. The number of hydrogen-bond acceptors (Lipinski definition) is 5. The van der Waals surface area contributed by atoms with Gasteiger partial charge in [-0.2, -0.15) is 5.10 Å². The van der Waals surface area contributed by atoms with E-state index in [4.69, 9.17) is 4.42 Å². The second kappa shape index (κ2) is 5.12. The van der Waals surface area contributed by atoms with Crippen molar-refractivity contribution in [3.05, 3.63) is 28.9 Å². The molecule has 0 saturated heterocycles. The molecule has 0 bridgehead atoms. The number of furan rings is 1. The predicted molar refractivity (Wildman–Crippen MR) is 68.6 cm³/mol. The highest BCUT2D eigenvalue weighted by Crippen LogP contribution is 2.27. The molecule has 0 saturated carbocycles. The maximum atomic E-state index is 12.1. The van der Waals surface area contributed by atoms with E-state index in [0.29, 0.717) is 18.0 Å². The SMILES string of the molecule is CNCc1cc(S(=O)(=O)Nc2cn[nH]c2)c(Br)o1. The molecule has 2 aromatic heterocycles. The van der Waals surface area contributed by atoms with Gasteiger partial charge in [-0.05, 0) is 23.0 Å². The molecular formula is C9H11BrN4O3S. The quantitative estimate of drug-likeness (QED) is 0.764. The van der Waals surface area contributed by atoms with Crippen molar-refractivity contribution in [3.63, 3.8) is 0 Å². The van der Waals surface area contributed by atoms with Gasteiger partial charge in [0.05, 0.1) is 18.4 Å². The highest BCUT2D eigenvalue weighted by Gasteiger charge is 2.22. The van der Waals surface area contributed by atoms with Crippen LogP contribution in [0.15, 0.2) is 32.4 Å². The van der Waals surface area contributed by atoms with E-state index in [9.17, 15) is 8.42 Å². The van der Waals surface area contributed by atoms with Crippen molar-refractivity contribution < 1.29 is 12.8 Å². The number of halogens is 1. The molecule has 0 aliphatic rings. The first-order valence-corrected chi connectivity index (χ1v) is 7.25. The fourth-order valence-corrected chi connectivity index (χ4v) is 3.39. The van der Waals surface area contributed by atoms with Crippen LogP contribution in [-0.2, 0) is 16.6 Å². The lowest BCUT2D eigenvalue weighted by Crippen LogP contribution is -2.12. The summed E-state index contributed by atoms with van der Waals surface area (Å²) < 4.78 is 32.0. The molecule has 0 aliphatic carbocycles. The zero-order valence-corrected chi connectivity index (χ0v) is 11.8. The average molecular weight is 335 g/mol. The molecule has 2 rings (SSSR count). The first-order chi connectivity index (χ1) is 8.53. The van der Waals surface area contributed by atoms with Gasteiger partial charge in [0.2, 0.25) is 0 Å². The summed E-state index contributed by atoms with van der Waals surface area (Å²) in [5, 5.41) is 9.06. The van der Waals surface area contributed by atoms with E-state index in [1.807, 2.05) is 0 Å². The zero-order valence-electron chi connectivity index (χ0n) is 9.40. The number of nitrogens with one attached hydrogen (secondary N) is 3. The predicted octanol–water partition coefficient (Wildman–Crippen LogP) is 1.29. The van der Waals surface area contributed by atoms with Crippen molar-refractivity contribution in [3.8, 4) is 0 Å². The van der Waals surface area contributed by atoms with Gasteiger partial charge in [-0.25, -0.2) is 8.42 Å². The second-order valence-corrected chi connectivity index (χ2v) is 5.84. The van der Waals surface area contributed by atoms with E-state index in [0.717, 1.165) is 0 Å². The Morgan fingerprint density at radius 2 is 2.33 bits per heavy atom. The lowest BCUT2D eigenvalue weighted by atomic mass is 10.4. The van der Waals surface area contributed by atoms with Crippen molar-refractivity contribution >= 4 is 31.6 Å². The van der Waals surface area contributed by atoms with E-state index >= 15 is 0 Å². The minimum atomic E-state index is -3.69. The smallest absolute Gasteiger partial charge is 0.266 e. The third-order valence-electron chi connectivity index (χ3n) is 2.10. The Labute approximate surface area is 112 Å². The van der Waals surface area contributed by atoms with Crippen molar-refractivity contribution in [2.75, 3.05) is 11.8 Å². The molecular weight excluding hydrogens is 324 g/mol. The Kier molecular flexibility index (Phi) is 3.73. The van der Waals surface area contributed by atoms with Crippen LogP contribution in [0.3, 0.4) is 0 Å². The Balaban J connectivity index is 2.29. The van der Waals surface area contributed by atoms with Crippen LogP contribution in [0.4, 0.5) is 5.69 Å². The Bertz CT molecular complexity index is 620. The number of aromatic nitrogens is 2. The van der Waals surface area contributed by atoms with Gasteiger partial charge in [-0.1, -0.05) is 0 Å². The molecule has 7 nitrogen and oxygen atoms in total. The Hall–Kier alpha value is -1.32. The summed E-state index contributed by atoms with van der Waals surface area (Å²) >= 11 is 3.09. The molecule has 2 heterocycles. The average Bonchev–Trinajstić information content (AvgIpc) is 2.88. The highest BCUT2D eigenvalue weighted by atomic mass is 79.9. The summed E-state index contributed by atoms with van der Waals surface area (Å²) in [7, 11) is -1.95. The summed E-state index contributed by atoms with van der Waals surface area (Å²) in [4.78, 5) is 0.0500. The number of sulfonamides is 1. The summed E-state index contributed by atoms with van der Waals surface area (Å²) in [6, 6.07) is 1.46. The van der Waals surface area contributed by atoms with Gasteiger partial charge in [0.1, 0.15) is 10.7 Å². The fourth-order valence-electron chi connectivity index (χ4n) is 1.36. The molecule has 3 N–H and O–H groups in total. The van der Waals surface area contributed by atoms with E-state index in [1.165, 1.54) is 18.5 Å². The summed E-state index contributed by atoms with van der Waals surface area (Å²) in [6.07, 6.45) is 2.82. The number of nitrogens with zero attached hydrogens (tertiary/aromatic N) is 1. The van der Waals surface area contributed by atoms with Crippen LogP contribution in [0, 0.1) is 0 Å². The number of rotatable bonds is 5. The van der Waals surface area contributed by atoms with Gasteiger partial charge < -0.3 is 9.73 Å². The summed E-state index contributed by atoms with van der Waals surface area (Å²) in [5.41, 5.74) is 0.360. The molecule has 0 atom stereocenters. The van der Waals surface area contributed by atoms with Crippen LogP contribution in [0.2, 0.25) is 0 Å². The van der Waals surface area contributed by atoms with Crippen molar-refractivity contribution in [1.29, 1.82) is 0 Å². The molecule has 0 aliphatic heterocycles. The Morgan fingerprint density at radius 1 is 1.56 bits per heavy atom. The van der Waals surface area contributed by atoms with Crippen LogP contribution in [0.5, 0.6) is 0 Å². The molecule has 0 amide bonds. The Morgan fingerprint density at radius 3 is 2.94 bits per heavy atom. The van der Waals surface area contributed by atoms with Gasteiger partial charge in [0.25, 0.3) is 10.0 Å². The topological polar surface area (TPSA) is 100 Å². The summed E-state index contributed by atoms with van der Waals surface area (Å²) in [5.74, 6) is 0.525. The second-order valence-electron chi connectivity index (χ2n) is 3.47. The van der Waals surface area contributed by atoms with E-state index in [2.05, 4.69) is 36.2 Å². The normalized spacial score (nSPS) is 11.7. The molecule has 0 aromatic carbocycles. The minimum absolute atomic E-state index is 0.0500. The van der Waals surface area contributed by atoms with Crippen molar-refractivity contribution in [1.82, 2.24) is 15.5 Å². The van der Waals surface area contributed by atoms with Crippen LogP contribution in [-0.4, -0.2) is 25.7 Å². The molecule has 0 unspecified atom stereocenters. The molecule has 2 aromatic rings. The maximum Gasteiger partial charge on any atom is 0.266 e. The molecule has 0 fully saturated rings. The maximum absolute atomic E-state index is 12.1. The van der Waals surface area contributed by atoms with Crippen LogP contribution < -0.4 is 10.0 Å². The number of hydrogen-bond donors (Lipinski definition) is 3. The standard InChI is InChI=1S/C9H11BrN4O3S/c1-11-5-7-2-8(9(10)17-7)18(15,16)14-6-3-12-13-4-6/h2-4,11,14H,5H2,1H3,(H,12,13). The monoisotopic (exact) mass is 334 g/mol. The number of H-pyrrole nitrogens is 1. The van der Waals surface area contributed by atoms with Crippen molar-refractivity contribution in [2.45, 2.75) is 11.4 Å². The van der Waals surface area contributed by atoms with Gasteiger partial charge in [-0.15, -0.1) is 0 Å². The third-order valence-corrected chi connectivity index (χ3v) is 4.34. The fraction of sp³-hybridized carbons (Fsp3) is 0.222. The number of aromatic amines is 1. The first kappa shape index (κ1) is 13.1. The van der Waals surface area contributed by atoms with E-state index in [-0.39, 0.29) is 9.56 Å².